The molecule has 1 aliphatic heterocycles. The molecular weight excluding hydrogens is 330 g/mol. The topological polar surface area (TPSA) is 64.6 Å². The van der Waals surface area contributed by atoms with E-state index in [4.69, 9.17) is 9.47 Å². The standard InChI is InChI=1S/C21H29NO4/c1-15-20(18(23)14-25-15)22-21(24)19(12-16-8-4-2-5-9-16)26-13-17-10-6-3-7-11-17/h3,6-7,10-11,15-16,19-20H,2,4-5,8-9,12-14H2,1H3,(H,22,24). The Morgan fingerprint density at radius 3 is 2.62 bits per heavy atom. The Balaban J connectivity index is 1.62. The van der Waals surface area contributed by atoms with Crippen LogP contribution in [0.2, 0.25) is 0 Å². The lowest BCUT2D eigenvalue weighted by atomic mass is 9.85. The predicted molar refractivity (Wildman–Crippen MR) is 98.6 cm³/mol. The number of ketones is 1. The summed E-state index contributed by atoms with van der Waals surface area (Å²) in [7, 11) is 0. The fourth-order valence-corrected chi connectivity index (χ4v) is 3.85. The van der Waals surface area contributed by atoms with E-state index in [0.29, 0.717) is 12.5 Å². The molecule has 3 unspecified atom stereocenters. The maximum Gasteiger partial charge on any atom is 0.249 e. The highest BCUT2D eigenvalue weighted by Gasteiger charge is 2.36. The van der Waals surface area contributed by atoms with Gasteiger partial charge in [0.25, 0.3) is 0 Å². The number of nitrogens with one attached hydrogen (secondary N) is 1. The SMILES string of the molecule is CC1OCC(=O)C1NC(=O)C(CC1CCCCC1)OCc1ccccc1. The average molecular weight is 359 g/mol. The number of ether oxygens (including phenoxy) is 2. The van der Waals surface area contributed by atoms with Gasteiger partial charge in [-0.25, -0.2) is 0 Å². The molecule has 1 aromatic carbocycles. The first-order chi connectivity index (χ1) is 12.6. The van der Waals surface area contributed by atoms with Crippen LogP contribution in [0.3, 0.4) is 0 Å². The predicted octanol–water partition coefficient (Wildman–Crippen LogP) is 3.01. The summed E-state index contributed by atoms with van der Waals surface area (Å²) >= 11 is 0. The molecular formula is C21H29NO4. The maximum atomic E-state index is 12.8. The second-order valence-corrected chi connectivity index (χ2v) is 7.49. The van der Waals surface area contributed by atoms with E-state index in [9.17, 15) is 9.59 Å². The van der Waals surface area contributed by atoms with Crippen molar-refractivity contribution in [3.05, 3.63) is 35.9 Å². The van der Waals surface area contributed by atoms with E-state index in [1.165, 1.54) is 19.3 Å². The van der Waals surface area contributed by atoms with Crippen molar-refractivity contribution < 1.29 is 19.1 Å². The van der Waals surface area contributed by atoms with Crippen LogP contribution in [0, 0.1) is 5.92 Å². The van der Waals surface area contributed by atoms with Gasteiger partial charge in [-0.2, -0.15) is 0 Å². The third kappa shape index (κ3) is 5.15. The Hall–Kier alpha value is -1.72. The minimum atomic E-state index is -0.559. The van der Waals surface area contributed by atoms with Crippen LogP contribution in [0.15, 0.2) is 30.3 Å². The van der Waals surface area contributed by atoms with Gasteiger partial charge in [0.05, 0.1) is 12.7 Å². The molecule has 1 N–H and O–H groups in total. The molecule has 1 aliphatic carbocycles. The second-order valence-electron chi connectivity index (χ2n) is 7.49. The Morgan fingerprint density at radius 1 is 1.23 bits per heavy atom. The van der Waals surface area contributed by atoms with Gasteiger partial charge >= 0.3 is 0 Å². The van der Waals surface area contributed by atoms with Gasteiger partial charge < -0.3 is 14.8 Å². The Bertz CT molecular complexity index is 597. The molecule has 3 rings (SSSR count). The summed E-state index contributed by atoms with van der Waals surface area (Å²) in [6.45, 7) is 2.29. The van der Waals surface area contributed by atoms with Gasteiger partial charge in [0.1, 0.15) is 18.8 Å². The van der Waals surface area contributed by atoms with Gasteiger partial charge in [-0.3, -0.25) is 9.59 Å². The first-order valence-corrected chi connectivity index (χ1v) is 9.73. The van der Waals surface area contributed by atoms with Crippen molar-refractivity contribution in [1.29, 1.82) is 0 Å². The zero-order valence-corrected chi connectivity index (χ0v) is 15.5. The molecule has 2 aliphatic rings. The molecule has 5 heteroatoms. The van der Waals surface area contributed by atoms with Crippen LogP contribution < -0.4 is 5.32 Å². The van der Waals surface area contributed by atoms with Crippen LogP contribution in [0.25, 0.3) is 0 Å². The maximum absolute atomic E-state index is 12.8. The first-order valence-electron chi connectivity index (χ1n) is 9.73. The monoisotopic (exact) mass is 359 g/mol. The van der Waals surface area contributed by atoms with Gasteiger partial charge in [0.15, 0.2) is 5.78 Å². The van der Waals surface area contributed by atoms with Gasteiger partial charge in [-0.05, 0) is 24.8 Å². The summed E-state index contributed by atoms with van der Waals surface area (Å²) < 4.78 is 11.3. The molecule has 26 heavy (non-hydrogen) atoms. The number of Topliss-reactive ketones (excluding diaryl/α,β-unsaturated/α-hetero) is 1. The van der Waals surface area contributed by atoms with Crippen LogP contribution in [-0.4, -0.2) is 36.5 Å². The second kappa shape index (κ2) is 9.28. The zero-order valence-electron chi connectivity index (χ0n) is 15.5. The highest BCUT2D eigenvalue weighted by atomic mass is 16.5. The third-order valence-electron chi connectivity index (χ3n) is 5.46. The highest BCUT2D eigenvalue weighted by Crippen LogP contribution is 2.28. The quantitative estimate of drug-likeness (QED) is 0.813. The summed E-state index contributed by atoms with van der Waals surface area (Å²) in [5, 5.41) is 2.87. The molecule has 0 radical (unpaired) electrons. The molecule has 1 amide bonds. The minimum absolute atomic E-state index is 0.0645. The van der Waals surface area contributed by atoms with Gasteiger partial charge in [-0.1, -0.05) is 62.4 Å². The number of benzene rings is 1. The Kier molecular flexibility index (Phi) is 6.80. The van der Waals surface area contributed by atoms with Gasteiger partial charge in [0.2, 0.25) is 5.91 Å². The lowest BCUT2D eigenvalue weighted by molar-refractivity contribution is -0.137. The lowest BCUT2D eigenvalue weighted by Crippen LogP contribution is -2.48. The van der Waals surface area contributed by atoms with Crippen LogP contribution >= 0.6 is 0 Å². The van der Waals surface area contributed by atoms with Crippen molar-refractivity contribution in [1.82, 2.24) is 5.32 Å². The largest absolute Gasteiger partial charge is 0.368 e. The van der Waals surface area contributed by atoms with Crippen LogP contribution in [0.4, 0.5) is 0 Å². The molecule has 1 saturated carbocycles. The van der Waals surface area contributed by atoms with E-state index < -0.39 is 12.1 Å². The number of hydrogen-bond acceptors (Lipinski definition) is 4. The van der Waals surface area contributed by atoms with Crippen molar-refractivity contribution in [2.45, 2.75) is 70.3 Å². The molecule has 0 bridgehead atoms. The molecule has 1 aromatic rings. The highest BCUT2D eigenvalue weighted by molar-refractivity contribution is 5.92. The van der Waals surface area contributed by atoms with Gasteiger partial charge in [0, 0.05) is 0 Å². The minimum Gasteiger partial charge on any atom is -0.368 e. The summed E-state index contributed by atoms with van der Waals surface area (Å²) in [5.41, 5.74) is 1.04. The fourth-order valence-electron chi connectivity index (χ4n) is 3.85. The van der Waals surface area contributed by atoms with E-state index in [-0.39, 0.29) is 24.4 Å². The van der Waals surface area contributed by atoms with Crippen LogP contribution in [0.1, 0.15) is 51.0 Å². The van der Waals surface area contributed by atoms with Crippen molar-refractivity contribution >= 4 is 11.7 Å². The van der Waals surface area contributed by atoms with Crippen molar-refractivity contribution in [2.75, 3.05) is 6.61 Å². The van der Waals surface area contributed by atoms with Crippen molar-refractivity contribution in [3.63, 3.8) is 0 Å². The molecule has 3 atom stereocenters. The van der Waals surface area contributed by atoms with Crippen molar-refractivity contribution in [3.8, 4) is 0 Å². The smallest absolute Gasteiger partial charge is 0.249 e. The molecule has 5 nitrogen and oxygen atoms in total. The molecule has 1 heterocycles. The van der Waals surface area contributed by atoms with Gasteiger partial charge in [-0.15, -0.1) is 0 Å². The summed E-state index contributed by atoms with van der Waals surface area (Å²) in [4.78, 5) is 24.8. The summed E-state index contributed by atoms with van der Waals surface area (Å²) in [6.07, 6.45) is 5.95. The number of amides is 1. The van der Waals surface area contributed by atoms with E-state index in [1.807, 2.05) is 37.3 Å². The van der Waals surface area contributed by atoms with Crippen LogP contribution in [0.5, 0.6) is 0 Å². The fraction of sp³-hybridized carbons (Fsp3) is 0.619. The molecule has 1 saturated heterocycles. The van der Waals surface area contributed by atoms with E-state index in [0.717, 1.165) is 24.8 Å². The summed E-state index contributed by atoms with van der Waals surface area (Å²) in [5.74, 6) is 0.260. The number of carbonyl (C=O) groups excluding carboxylic acids is 2. The van der Waals surface area contributed by atoms with E-state index in [2.05, 4.69) is 5.32 Å². The van der Waals surface area contributed by atoms with E-state index >= 15 is 0 Å². The Morgan fingerprint density at radius 2 is 1.96 bits per heavy atom. The first kappa shape index (κ1) is 19.1. The molecule has 0 spiro atoms. The molecule has 0 aromatic heterocycles. The zero-order chi connectivity index (χ0) is 18.4. The average Bonchev–Trinajstić information content (AvgIpc) is 2.98. The normalized spacial score (nSPS) is 25.2. The molecule has 142 valence electrons. The number of carbonyl (C=O) groups is 2. The number of hydrogen-bond donors (Lipinski definition) is 1. The van der Waals surface area contributed by atoms with Crippen LogP contribution in [-0.2, 0) is 25.7 Å². The number of rotatable bonds is 7. The molecule has 2 fully saturated rings. The van der Waals surface area contributed by atoms with E-state index in [1.54, 1.807) is 0 Å². The lowest BCUT2D eigenvalue weighted by Gasteiger charge is -2.27. The van der Waals surface area contributed by atoms with Crippen molar-refractivity contribution in [2.24, 2.45) is 5.92 Å². The summed E-state index contributed by atoms with van der Waals surface area (Å²) in [6, 6.07) is 9.31. The Labute approximate surface area is 155 Å². The third-order valence-corrected chi connectivity index (χ3v) is 5.46.